The molecule has 0 spiro atoms. The van der Waals surface area contributed by atoms with Crippen LogP contribution in [-0.4, -0.2) is 12.2 Å². The highest BCUT2D eigenvalue weighted by molar-refractivity contribution is 8.23. The van der Waals surface area contributed by atoms with Crippen LogP contribution in [0.15, 0.2) is 0 Å². The van der Waals surface area contributed by atoms with E-state index in [4.69, 9.17) is 19.6 Å². The normalized spacial score (nSPS) is 43.2. The lowest BCUT2D eigenvalue weighted by Crippen LogP contribution is -2.23. The molecule has 1 saturated carbocycles. The van der Waals surface area contributed by atoms with Crippen LogP contribution in [0.3, 0.4) is 0 Å². The van der Waals surface area contributed by atoms with Crippen LogP contribution in [0.1, 0.15) is 38.5 Å². The van der Waals surface area contributed by atoms with Crippen LogP contribution in [0, 0.1) is 0 Å². The van der Waals surface area contributed by atoms with Gasteiger partial charge < -0.3 is 0 Å². The maximum Gasteiger partial charge on any atom is 0.149 e. The quantitative estimate of drug-likeness (QED) is 0.604. The Balaban J connectivity index is 1.96. The third-order valence-corrected chi connectivity index (χ3v) is 3.83. The van der Waals surface area contributed by atoms with Gasteiger partial charge in [0.15, 0.2) is 0 Å². The van der Waals surface area contributed by atoms with Crippen molar-refractivity contribution in [1.82, 2.24) is 0 Å². The summed E-state index contributed by atoms with van der Waals surface area (Å²) in [5, 5.41) is 0. The molecule has 2 aliphatic rings. The smallest absolute Gasteiger partial charge is 0.149 e. The molecule has 4 heteroatoms. The van der Waals surface area contributed by atoms with Gasteiger partial charge in [-0.25, -0.2) is 0 Å². The Bertz CT molecular complexity index is 166. The molecule has 0 amide bonds. The lowest BCUT2D eigenvalue weighted by Gasteiger charge is -2.17. The van der Waals surface area contributed by atoms with Crippen molar-refractivity contribution < 1.29 is 8.37 Å². The van der Waals surface area contributed by atoms with Crippen LogP contribution in [-0.2, 0) is 29.6 Å². The molecule has 2 fully saturated rings. The van der Waals surface area contributed by atoms with Gasteiger partial charge in [0, 0.05) is 11.2 Å². The first-order valence-electron chi connectivity index (χ1n) is 4.62. The van der Waals surface area contributed by atoms with E-state index in [1.165, 1.54) is 25.7 Å². The molecule has 2 atom stereocenters. The molecule has 0 aromatic carbocycles. The summed E-state index contributed by atoms with van der Waals surface area (Å²) in [5.74, 6) is 0. The molecule has 1 saturated heterocycles. The molecule has 2 rings (SSSR count). The van der Waals surface area contributed by atoms with Crippen LogP contribution in [0.25, 0.3) is 0 Å². The van der Waals surface area contributed by atoms with Gasteiger partial charge in [0.25, 0.3) is 0 Å². The van der Waals surface area contributed by atoms with Crippen LogP contribution >= 0.6 is 0 Å². The van der Waals surface area contributed by atoms with Crippen molar-refractivity contribution in [2.45, 2.75) is 50.7 Å². The minimum Gasteiger partial charge on any atom is -0.284 e. The van der Waals surface area contributed by atoms with Crippen LogP contribution < -0.4 is 0 Å². The van der Waals surface area contributed by atoms with E-state index in [1.54, 1.807) is 0 Å². The van der Waals surface area contributed by atoms with Crippen LogP contribution in [0.4, 0.5) is 0 Å². The van der Waals surface area contributed by atoms with Crippen molar-refractivity contribution >= 4 is 21.2 Å². The first kappa shape index (κ1) is 9.06. The van der Waals surface area contributed by atoms with E-state index in [0.29, 0.717) is 12.2 Å². The number of rotatable bonds is 0. The van der Waals surface area contributed by atoms with E-state index >= 15 is 0 Å². The largest absolute Gasteiger partial charge is 0.284 e. The molecule has 12 heavy (non-hydrogen) atoms. The van der Waals surface area contributed by atoms with Crippen LogP contribution in [0.5, 0.6) is 0 Å². The molecular weight excluding hydrogens is 192 g/mol. The first-order chi connectivity index (χ1) is 5.86. The minimum absolute atomic E-state index is 0.311. The average Bonchev–Trinajstić information content (AvgIpc) is 2.32. The van der Waals surface area contributed by atoms with Gasteiger partial charge >= 0.3 is 0 Å². The van der Waals surface area contributed by atoms with Gasteiger partial charge in [0.05, 0.1) is 0 Å². The molecule has 1 aliphatic heterocycles. The van der Waals surface area contributed by atoms with Crippen LogP contribution in [0.2, 0.25) is 0 Å². The molecule has 70 valence electrons. The predicted octanol–water partition coefficient (Wildman–Crippen LogP) is 2.03. The van der Waals surface area contributed by atoms with Crippen molar-refractivity contribution in [1.29, 1.82) is 0 Å². The first-order valence-corrected chi connectivity index (χ1v) is 6.62. The SMILES string of the molecule is S=S1OC2CCCCCCC2O1. The predicted molar refractivity (Wildman–Crippen MR) is 52.2 cm³/mol. The summed E-state index contributed by atoms with van der Waals surface area (Å²) in [6.45, 7) is 0. The van der Waals surface area contributed by atoms with E-state index in [1.807, 2.05) is 0 Å². The van der Waals surface area contributed by atoms with E-state index in [0.717, 1.165) is 12.8 Å². The average molecular weight is 206 g/mol. The molecule has 1 aliphatic carbocycles. The molecule has 0 N–H and O–H groups in total. The number of hydrogen-bond donors (Lipinski definition) is 0. The van der Waals surface area contributed by atoms with Gasteiger partial charge in [-0.3, -0.25) is 8.37 Å². The fourth-order valence-electron chi connectivity index (χ4n) is 1.86. The molecular formula is C8H14O2S2. The maximum atomic E-state index is 5.52. The molecule has 0 aromatic rings. The monoisotopic (exact) mass is 206 g/mol. The molecule has 0 radical (unpaired) electrons. The summed E-state index contributed by atoms with van der Waals surface area (Å²) in [7, 11) is -0.625. The zero-order chi connectivity index (χ0) is 8.39. The standard InChI is InChI=1S/C8H14O2S2/c11-12-9-7-5-3-1-2-4-6-8(7)10-12/h7-8H,1-6H2. The Morgan fingerprint density at radius 2 is 1.42 bits per heavy atom. The van der Waals surface area contributed by atoms with Gasteiger partial charge in [0.2, 0.25) is 0 Å². The van der Waals surface area contributed by atoms with E-state index < -0.39 is 10.0 Å². The third-order valence-electron chi connectivity index (χ3n) is 2.55. The van der Waals surface area contributed by atoms with Gasteiger partial charge in [-0.05, 0) is 12.8 Å². The topological polar surface area (TPSA) is 18.5 Å². The van der Waals surface area contributed by atoms with Crippen molar-refractivity contribution in [3.8, 4) is 0 Å². The highest BCUT2D eigenvalue weighted by Crippen LogP contribution is 2.28. The Labute approximate surface area is 80.6 Å². The Morgan fingerprint density at radius 1 is 0.917 bits per heavy atom. The molecule has 0 bridgehead atoms. The second-order valence-electron chi connectivity index (χ2n) is 3.47. The highest BCUT2D eigenvalue weighted by Gasteiger charge is 2.32. The lowest BCUT2D eigenvalue weighted by atomic mass is 9.96. The second-order valence-corrected chi connectivity index (χ2v) is 5.07. The lowest BCUT2D eigenvalue weighted by molar-refractivity contribution is 0.126. The maximum absolute atomic E-state index is 5.52. The van der Waals surface area contributed by atoms with E-state index in [9.17, 15) is 0 Å². The summed E-state index contributed by atoms with van der Waals surface area (Å²) in [6.07, 6.45) is 8.15. The molecule has 2 unspecified atom stereocenters. The fourth-order valence-corrected chi connectivity index (χ4v) is 3.36. The van der Waals surface area contributed by atoms with Crippen molar-refractivity contribution in [2.24, 2.45) is 0 Å². The zero-order valence-electron chi connectivity index (χ0n) is 7.03. The van der Waals surface area contributed by atoms with E-state index in [2.05, 4.69) is 0 Å². The summed E-state index contributed by atoms with van der Waals surface area (Å²) < 4.78 is 11.0. The Hall–Kier alpha value is 0.490. The third kappa shape index (κ3) is 2.05. The number of hydrogen-bond acceptors (Lipinski definition) is 3. The Kier molecular flexibility index (Phi) is 3.12. The van der Waals surface area contributed by atoms with Crippen molar-refractivity contribution in [3.05, 3.63) is 0 Å². The molecule has 2 nitrogen and oxygen atoms in total. The summed E-state index contributed by atoms with van der Waals surface area (Å²) in [6, 6.07) is 0. The fraction of sp³-hybridized carbons (Fsp3) is 1.00. The summed E-state index contributed by atoms with van der Waals surface area (Å²) in [5.41, 5.74) is 0. The summed E-state index contributed by atoms with van der Waals surface area (Å²) in [4.78, 5) is 0. The van der Waals surface area contributed by atoms with Gasteiger partial charge in [-0.2, -0.15) is 0 Å². The minimum atomic E-state index is -0.625. The molecule has 0 aromatic heterocycles. The zero-order valence-corrected chi connectivity index (χ0v) is 8.66. The van der Waals surface area contributed by atoms with Gasteiger partial charge in [-0.1, -0.05) is 25.7 Å². The molecule has 1 heterocycles. The number of fused-ring (bicyclic) bond motifs is 1. The van der Waals surface area contributed by atoms with Gasteiger partial charge in [0.1, 0.15) is 22.2 Å². The highest BCUT2D eigenvalue weighted by atomic mass is 32.8. The second kappa shape index (κ2) is 4.13. The van der Waals surface area contributed by atoms with Gasteiger partial charge in [-0.15, -0.1) is 0 Å². The summed E-state index contributed by atoms with van der Waals surface area (Å²) >= 11 is 4.99. The van der Waals surface area contributed by atoms with Crippen molar-refractivity contribution in [3.63, 3.8) is 0 Å². The van der Waals surface area contributed by atoms with E-state index in [-0.39, 0.29) is 0 Å². The Morgan fingerprint density at radius 3 is 1.92 bits per heavy atom. The van der Waals surface area contributed by atoms with Crippen molar-refractivity contribution in [2.75, 3.05) is 0 Å².